The molecule has 0 atom stereocenters. The van der Waals surface area contributed by atoms with E-state index in [2.05, 4.69) is 20.2 Å². The first-order chi connectivity index (χ1) is 11.8. The molecule has 3 aromatic heterocycles. The lowest BCUT2D eigenvalue weighted by molar-refractivity contribution is 0.628. The highest BCUT2D eigenvalue weighted by Gasteiger charge is 2.16. The Labute approximate surface area is 138 Å². The van der Waals surface area contributed by atoms with Gasteiger partial charge in [-0.25, -0.2) is 4.39 Å². The maximum absolute atomic E-state index is 13.4. The maximum atomic E-state index is 13.4. The Bertz CT molecular complexity index is 949. The highest BCUT2D eigenvalue weighted by Crippen LogP contribution is 2.37. The van der Waals surface area contributed by atoms with Gasteiger partial charge < -0.3 is 0 Å². The van der Waals surface area contributed by atoms with Gasteiger partial charge in [-0.2, -0.15) is 5.10 Å². The Hall–Kier alpha value is -3.34. The summed E-state index contributed by atoms with van der Waals surface area (Å²) in [6.45, 7) is 0. The lowest BCUT2D eigenvalue weighted by atomic mass is 9.93. The Kier molecular flexibility index (Phi) is 3.59. The van der Waals surface area contributed by atoms with Crippen molar-refractivity contribution in [3.8, 4) is 33.6 Å². The van der Waals surface area contributed by atoms with E-state index >= 15 is 0 Å². The lowest BCUT2D eigenvalue weighted by Crippen LogP contribution is -1.94. The van der Waals surface area contributed by atoms with Gasteiger partial charge in [0.15, 0.2) is 0 Å². The minimum atomic E-state index is -0.267. The van der Waals surface area contributed by atoms with Gasteiger partial charge in [-0.3, -0.25) is 15.1 Å². The minimum Gasteiger partial charge on any atom is -0.276 e. The molecule has 0 saturated carbocycles. The van der Waals surface area contributed by atoms with Crippen LogP contribution >= 0.6 is 0 Å². The number of aromatic amines is 1. The monoisotopic (exact) mass is 316 g/mol. The van der Waals surface area contributed by atoms with Gasteiger partial charge in [-0.05, 0) is 53.1 Å². The number of aromatic nitrogens is 4. The molecule has 5 heteroatoms. The molecule has 0 unspecified atom stereocenters. The SMILES string of the molecule is Fc1ccc(-c2c(-c3ccncc3)ccnc2-c2ccn[nH]2)cc1. The second-order valence-electron chi connectivity index (χ2n) is 5.30. The van der Waals surface area contributed by atoms with E-state index in [4.69, 9.17) is 0 Å². The number of H-pyrrole nitrogens is 1. The first kappa shape index (κ1) is 14.3. The van der Waals surface area contributed by atoms with E-state index in [1.165, 1.54) is 12.1 Å². The van der Waals surface area contributed by atoms with Crippen LogP contribution in [0.25, 0.3) is 33.6 Å². The molecule has 4 rings (SSSR count). The van der Waals surface area contributed by atoms with Crippen LogP contribution in [0.4, 0.5) is 4.39 Å². The molecule has 24 heavy (non-hydrogen) atoms. The van der Waals surface area contributed by atoms with Crippen LogP contribution in [0.2, 0.25) is 0 Å². The molecule has 4 aromatic rings. The molecule has 3 heterocycles. The number of nitrogens with zero attached hydrogens (tertiary/aromatic N) is 3. The number of halogens is 1. The van der Waals surface area contributed by atoms with Gasteiger partial charge in [-0.1, -0.05) is 12.1 Å². The fourth-order valence-corrected chi connectivity index (χ4v) is 2.73. The quantitative estimate of drug-likeness (QED) is 0.611. The van der Waals surface area contributed by atoms with E-state index in [1.807, 2.05) is 24.3 Å². The second-order valence-corrected chi connectivity index (χ2v) is 5.30. The van der Waals surface area contributed by atoms with Crippen LogP contribution in [0.5, 0.6) is 0 Å². The molecular formula is C19H13FN4. The third-order valence-electron chi connectivity index (χ3n) is 3.83. The summed E-state index contributed by atoms with van der Waals surface area (Å²) in [6.07, 6.45) is 6.95. The van der Waals surface area contributed by atoms with E-state index in [1.54, 1.807) is 36.9 Å². The van der Waals surface area contributed by atoms with E-state index < -0.39 is 0 Å². The predicted octanol–water partition coefficient (Wildman–Crippen LogP) is 4.34. The predicted molar refractivity (Wildman–Crippen MR) is 90.4 cm³/mol. The minimum absolute atomic E-state index is 0.267. The first-order valence-electron chi connectivity index (χ1n) is 7.48. The van der Waals surface area contributed by atoms with Crippen molar-refractivity contribution >= 4 is 0 Å². The van der Waals surface area contributed by atoms with Crippen LogP contribution in [-0.2, 0) is 0 Å². The fraction of sp³-hybridized carbons (Fsp3) is 0. The molecule has 0 saturated heterocycles. The number of pyridine rings is 2. The summed E-state index contributed by atoms with van der Waals surface area (Å²) in [5.41, 5.74) is 5.42. The number of hydrogen-bond acceptors (Lipinski definition) is 3. The van der Waals surface area contributed by atoms with Crippen molar-refractivity contribution in [1.82, 2.24) is 20.2 Å². The Morgan fingerprint density at radius 3 is 2.25 bits per heavy atom. The van der Waals surface area contributed by atoms with Crippen molar-refractivity contribution in [2.75, 3.05) is 0 Å². The zero-order valence-electron chi connectivity index (χ0n) is 12.6. The molecule has 1 aromatic carbocycles. The smallest absolute Gasteiger partial charge is 0.123 e. The molecular weight excluding hydrogens is 303 g/mol. The summed E-state index contributed by atoms with van der Waals surface area (Å²) in [6, 6.07) is 14.1. The lowest BCUT2D eigenvalue weighted by Gasteiger charge is -2.14. The van der Waals surface area contributed by atoms with Gasteiger partial charge in [0, 0.05) is 30.4 Å². The van der Waals surface area contributed by atoms with E-state index in [0.717, 1.165) is 33.6 Å². The first-order valence-corrected chi connectivity index (χ1v) is 7.48. The van der Waals surface area contributed by atoms with Gasteiger partial charge in [-0.15, -0.1) is 0 Å². The average Bonchev–Trinajstić information content (AvgIpc) is 3.17. The number of hydrogen-bond donors (Lipinski definition) is 1. The Morgan fingerprint density at radius 1 is 0.750 bits per heavy atom. The molecule has 0 spiro atoms. The molecule has 1 N–H and O–H groups in total. The third-order valence-corrected chi connectivity index (χ3v) is 3.83. The zero-order valence-corrected chi connectivity index (χ0v) is 12.6. The molecule has 0 radical (unpaired) electrons. The normalized spacial score (nSPS) is 10.7. The zero-order chi connectivity index (χ0) is 16.4. The largest absolute Gasteiger partial charge is 0.276 e. The summed E-state index contributed by atoms with van der Waals surface area (Å²) in [7, 11) is 0. The van der Waals surface area contributed by atoms with Crippen molar-refractivity contribution in [2.24, 2.45) is 0 Å². The summed E-state index contributed by atoms with van der Waals surface area (Å²) in [4.78, 5) is 8.60. The molecule has 116 valence electrons. The van der Waals surface area contributed by atoms with E-state index in [-0.39, 0.29) is 5.82 Å². The molecule has 0 aliphatic heterocycles. The molecule has 0 aliphatic carbocycles. The number of benzene rings is 1. The van der Waals surface area contributed by atoms with Crippen molar-refractivity contribution in [2.45, 2.75) is 0 Å². The van der Waals surface area contributed by atoms with Crippen molar-refractivity contribution in [3.63, 3.8) is 0 Å². The standard InChI is InChI=1S/C19H13FN4/c20-15-3-1-14(2-4-15)18-16(13-5-9-21-10-6-13)7-11-22-19(18)17-8-12-23-24-17/h1-12H,(H,23,24). The van der Waals surface area contributed by atoms with Gasteiger partial charge in [0.25, 0.3) is 0 Å². The van der Waals surface area contributed by atoms with Crippen molar-refractivity contribution in [3.05, 3.63) is 79.1 Å². The van der Waals surface area contributed by atoms with Gasteiger partial charge in [0.2, 0.25) is 0 Å². The fourth-order valence-electron chi connectivity index (χ4n) is 2.73. The topological polar surface area (TPSA) is 54.5 Å². The Morgan fingerprint density at radius 2 is 1.54 bits per heavy atom. The summed E-state index contributed by atoms with van der Waals surface area (Å²) in [5, 5.41) is 6.97. The van der Waals surface area contributed by atoms with Crippen molar-refractivity contribution in [1.29, 1.82) is 0 Å². The summed E-state index contributed by atoms with van der Waals surface area (Å²) in [5.74, 6) is -0.267. The Balaban J connectivity index is 2.01. The van der Waals surface area contributed by atoms with Crippen LogP contribution in [0.3, 0.4) is 0 Å². The third kappa shape index (κ3) is 2.56. The van der Waals surface area contributed by atoms with Crippen LogP contribution in [0.1, 0.15) is 0 Å². The van der Waals surface area contributed by atoms with Crippen LogP contribution in [0.15, 0.2) is 73.3 Å². The number of rotatable bonds is 3. The summed E-state index contributed by atoms with van der Waals surface area (Å²) >= 11 is 0. The molecule has 0 bridgehead atoms. The van der Waals surface area contributed by atoms with Gasteiger partial charge in [0.1, 0.15) is 5.82 Å². The van der Waals surface area contributed by atoms with Crippen molar-refractivity contribution < 1.29 is 4.39 Å². The second kappa shape index (κ2) is 6.04. The molecule has 4 nitrogen and oxygen atoms in total. The average molecular weight is 316 g/mol. The van der Waals surface area contributed by atoms with Gasteiger partial charge in [0.05, 0.1) is 11.4 Å². The van der Waals surface area contributed by atoms with Gasteiger partial charge >= 0.3 is 0 Å². The maximum Gasteiger partial charge on any atom is 0.123 e. The van der Waals surface area contributed by atoms with Crippen LogP contribution in [0, 0.1) is 5.82 Å². The summed E-state index contributed by atoms with van der Waals surface area (Å²) < 4.78 is 13.4. The van der Waals surface area contributed by atoms with Crippen LogP contribution in [-0.4, -0.2) is 20.2 Å². The molecule has 0 amide bonds. The number of nitrogens with one attached hydrogen (secondary N) is 1. The van der Waals surface area contributed by atoms with E-state index in [0.29, 0.717) is 0 Å². The molecule has 0 fully saturated rings. The highest BCUT2D eigenvalue weighted by molar-refractivity contribution is 5.91. The van der Waals surface area contributed by atoms with Crippen LogP contribution < -0.4 is 0 Å². The highest BCUT2D eigenvalue weighted by atomic mass is 19.1. The van der Waals surface area contributed by atoms with E-state index in [9.17, 15) is 4.39 Å². The molecule has 0 aliphatic rings.